The van der Waals surface area contributed by atoms with Crippen molar-refractivity contribution in [2.45, 2.75) is 6.92 Å². The normalized spacial score (nSPS) is 10.5. The fourth-order valence-electron chi connectivity index (χ4n) is 2.31. The minimum atomic E-state index is 0.422. The second-order valence-electron chi connectivity index (χ2n) is 5.12. The molecule has 0 atom stereocenters. The predicted molar refractivity (Wildman–Crippen MR) is 92.9 cm³/mol. The maximum absolute atomic E-state index is 9.15. The van der Waals surface area contributed by atoms with Crippen LogP contribution in [-0.4, -0.2) is 9.78 Å². The molecule has 0 saturated carbocycles. The molecule has 0 aliphatic heterocycles. The first kappa shape index (κ1) is 15.4. The van der Waals surface area contributed by atoms with Gasteiger partial charge in [-0.2, -0.15) is 10.4 Å². The molecule has 114 valence electrons. The van der Waals surface area contributed by atoms with Crippen molar-refractivity contribution in [2.75, 3.05) is 5.73 Å². The smallest absolute Gasteiger partial charge is 0.102 e. The molecule has 2 N–H and O–H groups in total. The Labute approximate surface area is 143 Å². The van der Waals surface area contributed by atoms with E-state index in [9.17, 15) is 0 Å². The number of nitriles is 1. The summed E-state index contributed by atoms with van der Waals surface area (Å²) in [5.74, 6) is 0. The van der Waals surface area contributed by atoms with Crippen LogP contribution in [0.3, 0.4) is 0 Å². The van der Waals surface area contributed by atoms with Gasteiger partial charge in [0, 0.05) is 17.4 Å². The van der Waals surface area contributed by atoms with Gasteiger partial charge in [-0.15, -0.1) is 0 Å². The van der Waals surface area contributed by atoms with E-state index in [1.165, 1.54) is 0 Å². The van der Waals surface area contributed by atoms with Crippen LogP contribution in [0.2, 0.25) is 10.0 Å². The Morgan fingerprint density at radius 1 is 1.13 bits per heavy atom. The molecule has 0 spiro atoms. The van der Waals surface area contributed by atoms with Crippen LogP contribution in [0.4, 0.5) is 5.69 Å². The van der Waals surface area contributed by atoms with Crippen molar-refractivity contribution in [2.24, 2.45) is 0 Å². The van der Waals surface area contributed by atoms with Crippen molar-refractivity contribution in [3.63, 3.8) is 0 Å². The maximum atomic E-state index is 9.15. The van der Waals surface area contributed by atoms with E-state index >= 15 is 0 Å². The van der Waals surface area contributed by atoms with Gasteiger partial charge in [0.05, 0.1) is 27.4 Å². The molecule has 0 unspecified atom stereocenters. The molecule has 0 aliphatic rings. The predicted octanol–water partition coefficient (Wildman–Crippen LogP) is 4.61. The van der Waals surface area contributed by atoms with E-state index < -0.39 is 0 Å². The highest BCUT2D eigenvalue weighted by Gasteiger charge is 2.12. The second-order valence-corrected chi connectivity index (χ2v) is 5.93. The number of hydrogen-bond donors (Lipinski definition) is 1. The quantitative estimate of drug-likeness (QED) is 0.691. The Hall–Kier alpha value is -2.48. The highest BCUT2D eigenvalue weighted by Crippen LogP contribution is 2.32. The maximum Gasteiger partial charge on any atom is 0.102 e. The molecule has 1 heterocycles. The minimum Gasteiger partial charge on any atom is -0.399 e. The number of rotatable bonds is 2. The first-order valence-corrected chi connectivity index (χ1v) is 7.57. The van der Waals surface area contributed by atoms with Gasteiger partial charge in [-0.3, -0.25) is 0 Å². The van der Waals surface area contributed by atoms with Gasteiger partial charge in [0.1, 0.15) is 5.69 Å². The van der Waals surface area contributed by atoms with Crippen molar-refractivity contribution in [1.29, 1.82) is 5.26 Å². The molecule has 0 saturated heterocycles. The first-order valence-electron chi connectivity index (χ1n) is 6.81. The molecule has 3 aromatic rings. The summed E-state index contributed by atoms with van der Waals surface area (Å²) < 4.78 is 1.60. The molecule has 23 heavy (non-hydrogen) atoms. The van der Waals surface area contributed by atoms with Gasteiger partial charge in [-0.1, -0.05) is 35.3 Å². The zero-order chi connectivity index (χ0) is 16.6. The third kappa shape index (κ3) is 2.89. The van der Waals surface area contributed by atoms with Crippen molar-refractivity contribution in [3.05, 3.63) is 63.8 Å². The lowest BCUT2D eigenvalue weighted by Crippen LogP contribution is -1.99. The van der Waals surface area contributed by atoms with E-state index in [0.717, 1.165) is 16.8 Å². The summed E-state index contributed by atoms with van der Waals surface area (Å²) in [6, 6.07) is 12.9. The fourth-order valence-corrected chi connectivity index (χ4v) is 2.99. The molecule has 4 nitrogen and oxygen atoms in total. The van der Waals surface area contributed by atoms with E-state index in [0.29, 0.717) is 27.0 Å². The number of nitrogens with two attached hydrogens (primary N) is 1. The van der Waals surface area contributed by atoms with Crippen molar-refractivity contribution in [1.82, 2.24) is 9.78 Å². The molecule has 2 aromatic carbocycles. The number of aryl methyl sites for hydroxylation is 1. The van der Waals surface area contributed by atoms with Crippen LogP contribution in [0.5, 0.6) is 0 Å². The number of halogens is 2. The van der Waals surface area contributed by atoms with Gasteiger partial charge in [0.25, 0.3) is 0 Å². The Morgan fingerprint density at radius 2 is 1.83 bits per heavy atom. The fraction of sp³-hybridized carbons (Fsp3) is 0.0588. The van der Waals surface area contributed by atoms with Gasteiger partial charge >= 0.3 is 0 Å². The van der Waals surface area contributed by atoms with Crippen molar-refractivity contribution in [3.8, 4) is 23.0 Å². The largest absolute Gasteiger partial charge is 0.399 e. The number of nitrogen functional groups attached to an aromatic ring is 1. The molecule has 3 rings (SSSR count). The van der Waals surface area contributed by atoms with Crippen LogP contribution in [0, 0.1) is 18.3 Å². The molecule has 6 heteroatoms. The summed E-state index contributed by atoms with van der Waals surface area (Å²) in [6.45, 7) is 1.90. The summed E-state index contributed by atoms with van der Waals surface area (Å²) in [5, 5.41) is 14.5. The molecule has 0 fully saturated rings. The van der Waals surface area contributed by atoms with E-state index in [-0.39, 0.29) is 0 Å². The van der Waals surface area contributed by atoms with E-state index in [1.54, 1.807) is 23.0 Å². The summed E-state index contributed by atoms with van der Waals surface area (Å²) in [7, 11) is 0. The Kier molecular flexibility index (Phi) is 3.99. The van der Waals surface area contributed by atoms with E-state index in [4.69, 9.17) is 34.2 Å². The molecule has 0 bridgehead atoms. The average Bonchev–Trinajstić information content (AvgIpc) is 2.96. The Balaban J connectivity index is 2.07. The van der Waals surface area contributed by atoms with Crippen LogP contribution < -0.4 is 5.73 Å². The lowest BCUT2D eigenvalue weighted by Gasteiger charge is -2.08. The molecule has 0 amide bonds. The van der Waals surface area contributed by atoms with Gasteiger partial charge in [0.2, 0.25) is 0 Å². The Bertz CT molecular complexity index is 915. The summed E-state index contributed by atoms with van der Waals surface area (Å²) in [6.07, 6.45) is 1.77. The highest BCUT2D eigenvalue weighted by atomic mass is 35.5. The lowest BCUT2D eigenvalue weighted by molar-refractivity contribution is 0.885. The first-order chi connectivity index (χ1) is 11.0. The average molecular weight is 343 g/mol. The van der Waals surface area contributed by atoms with E-state index in [2.05, 4.69) is 11.2 Å². The third-order valence-corrected chi connectivity index (χ3v) is 4.09. The second kappa shape index (κ2) is 5.96. The molecular weight excluding hydrogens is 331 g/mol. The summed E-state index contributed by atoms with van der Waals surface area (Å²) >= 11 is 12.4. The number of nitrogens with zero attached hydrogens (tertiary/aromatic N) is 3. The summed E-state index contributed by atoms with van der Waals surface area (Å²) in [4.78, 5) is 0. The third-order valence-electron chi connectivity index (χ3n) is 3.51. The van der Waals surface area contributed by atoms with Gasteiger partial charge in [-0.25, -0.2) is 4.68 Å². The standard InChI is InChI=1S/C17H12Cl2N4/c1-10-2-3-11(6-12(10)9-20)16-4-5-23(22-16)17-14(18)7-13(21)8-15(17)19/h2-8H,21H2,1H3. The van der Waals surface area contributed by atoms with Crippen molar-refractivity contribution >= 4 is 28.9 Å². The number of anilines is 1. The zero-order valence-corrected chi connectivity index (χ0v) is 13.7. The van der Waals surface area contributed by atoms with Crippen LogP contribution >= 0.6 is 23.2 Å². The lowest BCUT2D eigenvalue weighted by atomic mass is 10.0. The van der Waals surface area contributed by atoms with Crippen LogP contribution in [0.25, 0.3) is 16.9 Å². The zero-order valence-electron chi connectivity index (χ0n) is 12.2. The number of hydrogen-bond acceptors (Lipinski definition) is 3. The molecular formula is C17H12Cl2N4. The highest BCUT2D eigenvalue weighted by molar-refractivity contribution is 6.38. The van der Waals surface area contributed by atoms with Crippen LogP contribution in [0.15, 0.2) is 42.6 Å². The van der Waals surface area contributed by atoms with Gasteiger partial charge in [0.15, 0.2) is 0 Å². The van der Waals surface area contributed by atoms with E-state index in [1.807, 2.05) is 31.2 Å². The minimum absolute atomic E-state index is 0.422. The monoisotopic (exact) mass is 342 g/mol. The van der Waals surface area contributed by atoms with Crippen LogP contribution in [0.1, 0.15) is 11.1 Å². The molecule has 0 aliphatic carbocycles. The molecule has 0 radical (unpaired) electrons. The van der Waals surface area contributed by atoms with Crippen molar-refractivity contribution < 1.29 is 0 Å². The van der Waals surface area contributed by atoms with Gasteiger partial charge in [-0.05, 0) is 36.8 Å². The number of benzene rings is 2. The SMILES string of the molecule is Cc1ccc(-c2ccn(-c3c(Cl)cc(N)cc3Cl)n2)cc1C#N. The Morgan fingerprint density at radius 3 is 2.48 bits per heavy atom. The summed E-state index contributed by atoms with van der Waals surface area (Å²) in [5.41, 5.74) is 9.92. The van der Waals surface area contributed by atoms with Gasteiger partial charge < -0.3 is 5.73 Å². The molecule has 1 aromatic heterocycles. The van der Waals surface area contributed by atoms with Crippen LogP contribution in [-0.2, 0) is 0 Å². The topological polar surface area (TPSA) is 67.6 Å². The number of aromatic nitrogens is 2.